The Bertz CT molecular complexity index is 426. The van der Waals surface area contributed by atoms with E-state index in [9.17, 15) is 4.79 Å². The molecule has 5 nitrogen and oxygen atoms in total. The minimum Gasteiger partial charge on any atom is -0.372 e. The highest BCUT2D eigenvalue weighted by Gasteiger charge is 2.08. The molecular formula is C11H16Cl2N4O. The maximum atomic E-state index is 11.3. The molecule has 0 aromatic carbocycles. The summed E-state index contributed by atoms with van der Waals surface area (Å²) in [6.45, 7) is 2.97. The van der Waals surface area contributed by atoms with Gasteiger partial charge >= 0.3 is 0 Å². The highest BCUT2D eigenvalue weighted by atomic mass is 35.5. The molecule has 0 saturated heterocycles. The van der Waals surface area contributed by atoms with Crippen LogP contribution in [0.25, 0.3) is 0 Å². The molecule has 0 unspecified atom stereocenters. The Labute approximate surface area is 116 Å². The van der Waals surface area contributed by atoms with E-state index in [0.717, 1.165) is 0 Å². The fourth-order valence-corrected chi connectivity index (χ4v) is 1.87. The van der Waals surface area contributed by atoms with Crippen molar-refractivity contribution in [3.8, 4) is 0 Å². The SMILES string of the molecule is CCNC(=O)CCNc1nc(NC)c(Cl)cc1Cl. The van der Waals surface area contributed by atoms with Crippen LogP contribution >= 0.6 is 23.2 Å². The number of anilines is 2. The lowest BCUT2D eigenvalue weighted by molar-refractivity contribution is -0.120. The van der Waals surface area contributed by atoms with Gasteiger partial charge in [-0.3, -0.25) is 4.79 Å². The molecule has 7 heteroatoms. The normalized spacial score (nSPS) is 10.0. The number of pyridine rings is 1. The third-order valence-corrected chi connectivity index (χ3v) is 2.76. The van der Waals surface area contributed by atoms with Crippen molar-refractivity contribution in [1.29, 1.82) is 0 Å². The average Bonchev–Trinajstić information content (AvgIpc) is 2.32. The molecule has 0 fully saturated rings. The number of aromatic nitrogens is 1. The first-order chi connectivity index (χ1) is 8.58. The lowest BCUT2D eigenvalue weighted by atomic mass is 10.3. The van der Waals surface area contributed by atoms with Gasteiger partial charge in [0.1, 0.15) is 11.6 Å². The zero-order chi connectivity index (χ0) is 13.5. The summed E-state index contributed by atoms with van der Waals surface area (Å²) in [5.74, 6) is 1.04. The lowest BCUT2D eigenvalue weighted by Crippen LogP contribution is -2.24. The molecule has 0 aliphatic carbocycles. The predicted octanol–water partition coefficient (Wildman–Crippen LogP) is 2.37. The van der Waals surface area contributed by atoms with Crippen LogP contribution in [-0.4, -0.2) is 31.0 Å². The van der Waals surface area contributed by atoms with Gasteiger partial charge in [-0.1, -0.05) is 23.2 Å². The van der Waals surface area contributed by atoms with Crippen LogP contribution in [0.2, 0.25) is 10.0 Å². The van der Waals surface area contributed by atoms with E-state index in [2.05, 4.69) is 20.9 Å². The Balaban J connectivity index is 2.59. The molecule has 1 aromatic rings. The van der Waals surface area contributed by atoms with Gasteiger partial charge < -0.3 is 16.0 Å². The topological polar surface area (TPSA) is 66.0 Å². The van der Waals surface area contributed by atoms with Gasteiger partial charge in [0.2, 0.25) is 5.91 Å². The lowest BCUT2D eigenvalue weighted by Gasteiger charge is -2.10. The minimum absolute atomic E-state index is 0.0103. The van der Waals surface area contributed by atoms with E-state index in [1.807, 2.05) is 6.92 Å². The van der Waals surface area contributed by atoms with Crippen LogP contribution in [0.5, 0.6) is 0 Å². The molecule has 0 atom stereocenters. The molecule has 0 aliphatic heterocycles. The van der Waals surface area contributed by atoms with Gasteiger partial charge in [0.05, 0.1) is 10.0 Å². The van der Waals surface area contributed by atoms with Crippen LogP contribution in [0.3, 0.4) is 0 Å². The van der Waals surface area contributed by atoms with E-state index in [0.29, 0.717) is 41.2 Å². The molecule has 18 heavy (non-hydrogen) atoms. The summed E-state index contributed by atoms with van der Waals surface area (Å²) in [6.07, 6.45) is 0.364. The van der Waals surface area contributed by atoms with Crippen molar-refractivity contribution in [2.24, 2.45) is 0 Å². The molecule has 1 heterocycles. The van der Waals surface area contributed by atoms with Crippen LogP contribution in [0.15, 0.2) is 6.07 Å². The van der Waals surface area contributed by atoms with Crippen molar-refractivity contribution in [3.63, 3.8) is 0 Å². The van der Waals surface area contributed by atoms with Crippen LogP contribution in [0.1, 0.15) is 13.3 Å². The Morgan fingerprint density at radius 1 is 1.33 bits per heavy atom. The number of nitrogens with zero attached hydrogens (tertiary/aromatic N) is 1. The molecular weight excluding hydrogens is 275 g/mol. The third kappa shape index (κ3) is 4.23. The van der Waals surface area contributed by atoms with Gasteiger partial charge in [0, 0.05) is 26.6 Å². The molecule has 0 bridgehead atoms. The zero-order valence-electron chi connectivity index (χ0n) is 10.3. The van der Waals surface area contributed by atoms with Crippen molar-refractivity contribution in [2.45, 2.75) is 13.3 Å². The summed E-state index contributed by atoms with van der Waals surface area (Å²) in [5.41, 5.74) is 0. The quantitative estimate of drug-likeness (QED) is 0.753. The molecule has 1 aromatic heterocycles. The Morgan fingerprint density at radius 2 is 2.00 bits per heavy atom. The molecule has 0 spiro atoms. The Hall–Kier alpha value is -1.20. The standard InChI is InChI=1S/C11H16Cl2N4O/c1-3-15-9(18)4-5-16-11-8(13)6-7(12)10(14-2)17-11/h6H,3-5H2,1-2H3,(H,15,18)(H2,14,16,17). The van der Waals surface area contributed by atoms with Gasteiger partial charge in [-0.15, -0.1) is 0 Å². The number of rotatable bonds is 6. The fourth-order valence-electron chi connectivity index (χ4n) is 1.35. The van der Waals surface area contributed by atoms with E-state index in [-0.39, 0.29) is 5.91 Å². The maximum absolute atomic E-state index is 11.3. The van der Waals surface area contributed by atoms with E-state index < -0.39 is 0 Å². The van der Waals surface area contributed by atoms with Gasteiger partial charge in [0.15, 0.2) is 0 Å². The number of hydrogen-bond donors (Lipinski definition) is 3. The second kappa shape index (κ2) is 7.28. The van der Waals surface area contributed by atoms with Crippen molar-refractivity contribution in [2.75, 3.05) is 30.8 Å². The Morgan fingerprint density at radius 3 is 2.61 bits per heavy atom. The van der Waals surface area contributed by atoms with Gasteiger partial charge in [-0.2, -0.15) is 0 Å². The first-order valence-electron chi connectivity index (χ1n) is 5.62. The highest BCUT2D eigenvalue weighted by Crippen LogP contribution is 2.28. The number of amides is 1. The average molecular weight is 291 g/mol. The molecule has 1 rings (SSSR count). The smallest absolute Gasteiger partial charge is 0.221 e. The van der Waals surface area contributed by atoms with Crippen molar-refractivity contribution in [1.82, 2.24) is 10.3 Å². The second-order valence-electron chi connectivity index (χ2n) is 3.53. The molecule has 100 valence electrons. The molecule has 0 aliphatic rings. The maximum Gasteiger partial charge on any atom is 0.221 e. The Kier molecular flexibility index (Phi) is 6.01. The van der Waals surface area contributed by atoms with Gasteiger partial charge in [-0.25, -0.2) is 4.98 Å². The zero-order valence-corrected chi connectivity index (χ0v) is 11.8. The molecule has 0 saturated carbocycles. The van der Waals surface area contributed by atoms with Crippen LogP contribution < -0.4 is 16.0 Å². The summed E-state index contributed by atoms with van der Waals surface area (Å²) in [7, 11) is 1.72. The summed E-state index contributed by atoms with van der Waals surface area (Å²) >= 11 is 11.9. The summed E-state index contributed by atoms with van der Waals surface area (Å²) in [4.78, 5) is 15.5. The predicted molar refractivity (Wildman–Crippen MR) is 75.6 cm³/mol. The van der Waals surface area contributed by atoms with Crippen molar-refractivity contribution in [3.05, 3.63) is 16.1 Å². The summed E-state index contributed by atoms with van der Waals surface area (Å²) < 4.78 is 0. The van der Waals surface area contributed by atoms with Crippen LogP contribution in [-0.2, 0) is 4.79 Å². The monoisotopic (exact) mass is 290 g/mol. The number of nitrogens with one attached hydrogen (secondary N) is 3. The largest absolute Gasteiger partial charge is 0.372 e. The number of carbonyl (C=O) groups excluding carboxylic acids is 1. The van der Waals surface area contributed by atoms with E-state index in [1.54, 1.807) is 13.1 Å². The third-order valence-electron chi connectivity index (χ3n) is 2.18. The van der Waals surface area contributed by atoms with Crippen LogP contribution in [0, 0.1) is 0 Å². The fraction of sp³-hybridized carbons (Fsp3) is 0.455. The second-order valence-corrected chi connectivity index (χ2v) is 4.34. The minimum atomic E-state index is -0.0103. The summed E-state index contributed by atoms with van der Waals surface area (Å²) in [5, 5.41) is 9.46. The van der Waals surface area contributed by atoms with Gasteiger partial charge in [0.25, 0.3) is 0 Å². The number of carbonyl (C=O) groups is 1. The summed E-state index contributed by atoms with van der Waals surface area (Å²) in [6, 6.07) is 1.61. The van der Waals surface area contributed by atoms with E-state index in [4.69, 9.17) is 23.2 Å². The number of hydrogen-bond acceptors (Lipinski definition) is 4. The van der Waals surface area contributed by atoms with E-state index >= 15 is 0 Å². The molecule has 3 N–H and O–H groups in total. The van der Waals surface area contributed by atoms with Crippen molar-refractivity contribution < 1.29 is 4.79 Å². The molecule has 0 radical (unpaired) electrons. The first-order valence-corrected chi connectivity index (χ1v) is 6.38. The molecule has 1 amide bonds. The van der Waals surface area contributed by atoms with Crippen molar-refractivity contribution >= 4 is 40.7 Å². The van der Waals surface area contributed by atoms with Gasteiger partial charge in [-0.05, 0) is 13.0 Å². The number of halogens is 2. The van der Waals surface area contributed by atoms with Crippen LogP contribution in [0.4, 0.5) is 11.6 Å². The van der Waals surface area contributed by atoms with E-state index in [1.165, 1.54) is 0 Å². The first kappa shape index (κ1) is 14.9. The highest BCUT2D eigenvalue weighted by molar-refractivity contribution is 6.37.